The Morgan fingerprint density at radius 3 is 2.88 bits per heavy atom. The summed E-state index contributed by atoms with van der Waals surface area (Å²) < 4.78 is 1.43. The van der Waals surface area contributed by atoms with Gasteiger partial charge in [0.1, 0.15) is 6.20 Å². The highest BCUT2D eigenvalue weighted by Gasteiger charge is 2.18. The van der Waals surface area contributed by atoms with Gasteiger partial charge < -0.3 is 10.6 Å². The Balaban J connectivity index is 2.62. The number of hydrogen-bond donors (Lipinski definition) is 2. The van der Waals surface area contributed by atoms with Crippen molar-refractivity contribution in [1.82, 2.24) is 15.1 Å². The van der Waals surface area contributed by atoms with E-state index in [-0.39, 0.29) is 5.69 Å². The Kier molecular flexibility index (Phi) is 4.24. The molecule has 16 heavy (non-hydrogen) atoms. The number of aryl methyl sites for hydroxylation is 1. The van der Waals surface area contributed by atoms with E-state index in [0.29, 0.717) is 18.3 Å². The Morgan fingerprint density at radius 1 is 1.62 bits per heavy atom. The van der Waals surface area contributed by atoms with Crippen molar-refractivity contribution in [3.05, 3.63) is 16.3 Å². The molecule has 0 amide bonds. The van der Waals surface area contributed by atoms with Gasteiger partial charge in [0.05, 0.1) is 4.92 Å². The van der Waals surface area contributed by atoms with E-state index in [4.69, 9.17) is 0 Å². The minimum absolute atomic E-state index is 0.0131. The van der Waals surface area contributed by atoms with Gasteiger partial charge >= 0.3 is 5.69 Å². The summed E-state index contributed by atoms with van der Waals surface area (Å²) in [6.07, 6.45) is 1.39. The number of aromatic nitrogens is 2. The highest BCUT2D eigenvalue weighted by Crippen LogP contribution is 2.21. The largest absolute Gasteiger partial charge is 0.363 e. The normalized spacial score (nSPS) is 12.4. The zero-order chi connectivity index (χ0) is 12.1. The number of anilines is 1. The van der Waals surface area contributed by atoms with E-state index in [0.717, 1.165) is 6.54 Å². The Morgan fingerprint density at radius 2 is 2.31 bits per heavy atom. The lowest BCUT2D eigenvalue weighted by molar-refractivity contribution is -0.384. The van der Waals surface area contributed by atoms with Crippen molar-refractivity contribution >= 4 is 11.5 Å². The van der Waals surface area contributed by atoms with Crippen LogP contribution in [0.3, 0.4) is 0 Å². The SMILES string of the molecule is CNCC(C)CNc1nn(C)cc1[N+](=O)[O-]. The molecule has 1 unspecified atom stereocenters. The van der Waals surface area contributed by atoms with E-state index in [9.17, 15) is 10.1 Å². The Hall–Kier alpha value is -1.63. The third-order valence-electron chi connectivity index (χ3n) is 2.18. The second-order valence-electron chi connectivity index (χ2n) is 3.84. The van der Waals surface area contributed by atoms with E-state index in [1.54, 1.807) is 7.05 Å². The van der Waals surface area contributed by atoms with Crippen molar-refractivity contribution in [3.63, 3.8) is 0 Å². The van der Waals surface area contributed by atoms with Crippen LogP contribution in [-0.4, -0.2) is 34.8 Å². The Labute approximate surface area is 94.0 Å². The summed E-state index contributed by atoms with van der Waals surface area (Å²) in [6, 6.07) is 0. The summed E-state index contributed by atoms with van der Waals surface area (Å²) in [5.41, 5.74) is 0.0131. The maximum absolute atomic E-state index is 10.7. The molecule has 2 N–H and O–H groups in total. The first-order valence-corrected chi connectivity index (χ1v) is 5.11. The van der Waals surface area contributed by atoms with Crippen LogP contribution < -0.4 is 10.6 Å². The van der Waals surface area contributed by atoms with Crippen LogP contribution in [0.4, 0.5) is 11.5 Å². The van der Waals surface area contributed by atoms with Crippen LogP contribution in [0.25, 0.3) is 0 Å². The standard InChI is InChI=1S/C9H17N5O2/c1-7(4-10-2)5-11-9-8(14(15)16)6-13(3)12-9/h6-7,10H,4-5H2,1-3H3,(H,11,12). The summed E-state index contributed by atoms with van der Waals surface area (Å²) in [5.74, 6) is 0.710. The molecule has 90 valence electrons. The second-order valence-corrected chi connectivity index (χ2v) is 3.84. The quantitative estimate of drug-likeness (QED) is 0.549. The third-order valence-corrected chi connectivity index (χ3v) is 2.18. The average molecular weight is 227 g/mol. The van der Waals surface area contributed by atoms with Gasteiger partial charge in [-0.25, -0.2) is 0 Å². The first kappa shape index (κ1) is 12.4. The molecule has 0 aromatic carbocycles. The van der Waals surface area contributed by atoms with E-state index < -0.39 is 4.92 Å². The fraction of sp³-hybridized carbons (Fsp3) is 0.667. The van der Waals surface area contributed by atoms with Crippen molar-refractivity contribution in [2.75, 3.05) is 25.5 Å². The molecule has 7 nitrogen and oxygen atoms in total. The van der Waals surface area contributed by atoms with Gasteiger partial charge in [0.2, 0.25) is 5.82 Å². The van der Waals surface area contributed by atoms with Gasteiger partial charge in [-0.15, -0.1) is 5.10 Å². The molecule has 0 radical (unpaired) electrons. The molecule has 1 atom stereocenters. The lowest BCUT2D eigenvalue weighted by Gasteiger charge is -2.10. The number of nitrogens with one attached hydrogen (secondary N) is 2. The highest BCUT2D eigenvalue weighted by atomic mass is 16.6. The predicted octanol–water partition coefficient (Wildman–Crippen LogP) is 0.596. The zero-order valence-electron chi connectivity index (χ0n) is 9.73. The number of nitrogens with zero attached hydrogens (tertiary/aromatic N) is 3. The van der Waals surface area contributed by atoms with Crippen LogP contribution in [0.2, 0.25) is 0 Å². The fourth-order valence-corrected chi connectivity index (χ4v) is 1.43. The van der Waals surface area contributed by atoms with Crippen molar-refractivity contribution in [2.24, 2.45) is 13.0 Å². The molecule has 0 aliphatic carbocycles. The zero-order valence-corrected chi connectivity index (χ0v) is 9.73. The molecule has 1 aromatic rings. The molecule has 0 aliphatic rings. The second kappa shape index (κ2) is 5.45. The molecule has 0 bridgehead atoms. The van der Waals surface area contributed by atoms with Crippen molar-refractivity contribution in [3.8, 4) is 0 Å². The molecule has 1 aromatic heterocycles. The van der Waals surface area contributed by atoms with Gasteiger partial charge in [-0.3, -0.25) is 14.8 Å². The summed E-state index contributed by atoms with van der Waals surface area (Å²) in [4.78, 5) is 10.3. The molecule has 0 fully saturated rings. The first-order chi connectivity index (χ1) is 7.54. The molecular formula is C9H17N5O2. The smallest absolute Gasteiger partial charge is 0.330 e. The summed E-state index contributed by atoms with van der Waals surface area (Å²) >= 11 is 0. The highest BCUT2D eigenvalue weighted by molar-refractivity contribution is 5.54. The van der Waals surface area contributed by atoms with Gasteiger partial charge in [0.25, 0.3) is 0 Å². The monoisotopic (exact) mass is 227 g/mol. The Bertz CT molecular complexity index is 363. The number of rotatable bonds is 6. The maximum Gasteiger partial charge on any atom is 0.330 e. The van der Waals surface area contributed by atoms with Crippen LogP contribution >= 0.6 is 0 Å². The topological polar surface area (TPSA) is 85.0 Å². The maximum atomic E-state index is 10.7. The molecule has 0 spiro atoms. The van der Waals surface area contributed by atoms with Gasteiger partial charge in [-0.2, -0.15) is 0 Å². The van der Waals surface area contributed by atoms with E-state index in [1.807, 2.05) is 7.05 Å². The van der Waals surface area contributed by atoms with Crippen LogP contribution in [0.1, 0.15) is 6.92 Å². The average Bonchev–Trinajstić information content (AvgIpc) is 2.57. The number of nitro groups is 1. The molecule has 0 aliphatic heterocycles. The van der Waals surface area contributed by atoms with E-state index >= 15 is 0 Å². The van der Waals surface area contributed by atoms with Crippen molar-refractivity contribution < 1.29 is 4.92 Å². The molecule has 1 rings (SSSR count). The van der Waals surface area contributed by atoms with Crippen LogP contribution in [0.15, 0.2) is 6.20 Å². The molecule has 0 saturated carbocycles. The molecule has 0 saturated heterocycles. The first-order valence-electron chi connectivity index (χ1n) is 5.11. The van der Waals surface area contributed by atoms with Gasteiger partial charge in [-0.05, 0) is 19.5 Å². The molecule has 1 heterocycles. The lowest BCUT2D eigenvalue weighted by Crippen LogP contribution is -2.23. The van der Waals surface area contributed by atoms with Crippen LogP contribution in [0, 0.1) is 16.0 Å². The summed E-state index contributed by atoms with van der Waals surface area (Å²) in [5, 5.41) is 20.7. The van der Waals surface area contributed by atoms with E-state index in [2.05, 4.69) is 22.7 Å². The number of hydrogen-bond acceptors (Lipinski definition) is 5. The summed E-state index contributed by atoms with van der Waals surface area (Å²) in [7, 11) is 3.54. The van der Waals surface area contributed by atoms with E-state index in [1.165, 1.54) is 10.9 Å². The fourth-order valence-electron chi connectivity index (χ4n) is 1.43. The molecule has 7 heteroatoms. The van der Waals surface area contributed by atoms with Gasteiger partial charge in [0.15, 0.2) is 0 Å². The minimum Gasteiger partial charge on any atom is -0.363 e. The summed E-state index contributed by atoms with van der Waals surface area (Å²) in [6.45, 7) is 3.56. The third kappa shape index (κ3) is 3.20. The van der Waals surface area contributed by atoms with Crippen molar-refractivity contribution in [1.29, 1.82) is 0 Å². The molecular weight excluding hydrogens is 210 g/mol. The minimum atomic E-state index is -0.432. The predicted molar refractivity (Wildman–Crippen MR) is 61.4 cm³/mol. The van der Waals surface area contributed by atoms with Crippen molar-refractivity contribution in [2.45, 2.75) is 6.92 Å². The lowest BCUT2D eigenvalue weighted by atomic mass is 10.2. The van der Waals surface area contributed by atoms with Crippen LogP contribution in [-0.2, 0) is 7.05 Å². The van der Waals surface area contributed by atoms with Gasteiger partial charge in [0, 0.05) is 13.6 Å². The van der Waals surface area contributed by atoms with Crippen LogP contribution in [0.5, 0.6) is 0 Å². The van der Waals surface area contributed by atoms with Gasteiger partial charge in [-0.1, -0.05) is 6.92 Å².